The molecule has 1 amide bonds. The van der Waals surface area contributed by atoms with Gasteiger partial charge >= 0.3 is 0 Å². The van der Waals surface area contributed by atoms with Gasteiger partial charge in [-0.3, -0.25) is 4.79 Å². The number of amides is 1. The van der Waals surface area contributed by atoms with Crippen molar-refractivity contribution in [2.75, 3.05) is 26.9 Å². The summed E-state index contributed by atoms with van der Waals surface area (Å²) >= 11 is 0. The van der Waals surface area contributed by atoms with Crippen LogP contribution in [0.3, 0.4) is 0 Å². The van der Waals surface area contributed by atoms with Crippen molar-refractivity contribution < 1.29 is 19.0 Å². The normalized spacial score (nSPS) is 18.9. The van der Waals surface area contributed by atoms with Crippen LogP contribution in [0.15, 0.2) is 42.5 Å². The lowest BCUT2D eigenvalue weighted by Gasteiger charge is -2.27. The molecule has 2 heterocycles. The molecule has 5 heteroatoms. The van der Waals surface area contributed by atoms with Gasteiger partial charge in [0.2, 0.25) is 0 Å². The van der Waals surface area contributed by atoms with Crippen LogP contribution in [0.2, 0.25) is 0 Å². The van der Waals surface area contributed by atoms with E-state index < -0.39 is 0 Å². The van der Waals surface area contributed by atoms with Crippen molar-refractivity contribution in [3.8, 4) is 17.2 Å². The van der Waals surface area contributed by atoms with E-state index in [9.17, 15) is 4.79 Å². The van der Waals surface area contributed by atoms with E-state index in [1.807, 2.05) is 41.3 Å². The van der Waals surface area contributed by atoms with Gasteiger partial charge in [-0.1, -0.05) is 12.1 Å². The lowest BCUT2D eigenvalue weighted by molar-refractivity contribution is 0.0734. The topological polar surface area (TPSA) is 48.0 Å². The van der Waals surface area contributed by atoms with Gasteiger partial charge in [0.15, 0.2) is 11.5 Å². The van der Waals surface area contributed by atoms with Crippen LogP contribution >= 0.6 is 0 Å². The van der Waals surface area contributed by atoms with Crippen molar-refractivity contribution in [1.29, 1.82) is 0 Å². The first kappa shape index (κ1) is 15.8. The molecule has 2 aromatic carbocycles. The number of fused-ring (bicyclic) bond motifs is 1. The highest BCUT2D eigenvalue weighted by Gasteiger charge is 2.31. The maximum absolute atomic E-state index is 13.0. The van der Waals surface area contributed by atoms with Crippen LogP contribution in [0.4, 0.5) is 0 Å². The molecule has 25 heavy (non-hydrogen) atoms. The van der Waals surface area contributed by atoms with Gasteiger partial charge in [0, 0.05) is 12.1 Å². The smallest absolute Gasteiger partial charge is 0.254 e. The lowest BCUT2D eigenvalue weighted by Crippen LogP contribution is -2.30. The van der Waals surface area contributed by atoms with E-state index in [2.05, 4.69) is 0 Å². The fourth-order valence-electron chi connectivity index (χ4n) is 3.55. The van der Waals surface area contributed by atoms with E-state index in [4.69, 9.17) is 14.2 Å². The molecular weight excluding hydrogens is 318 g/mol. The van der Waals surface area contributed by atoms with Crippen LogP contribution in [0.5, 0.6) is 17.2 Å². The van der Waals surface area contributed by atoms with Crippen molar-refractivity contribution in [2.45, 2.75) is 18.9 Å². The van der Waals surface area contributed by atoms with E-state index in [1.54, 1.807) is 13.2 Å². The zero-order valence-electron chi connectivity index (χ0n) is 14.2. The Morgan fingerprint density at radius 3 is 2.80 bits per heavy atom. The van der Waals surface area contributed by atoms with Gasteiger partial charge in [0.25, 0.3) is 5.91 Å². The Kier molecular flexibility index (Phi) is 4.22. The van der Waals surface area contributed by atoms with Crippen molar-refractivity contribution in [3.05, 3.63) is 53.6 Å². The van der Waals surface area contributed by atoms with Crippen molar-refractivity contribution in [1.82, 2.24) is 4.90 Å². The third kappa shape index (κ3) is 3.02. The summed E-state index contributed by atoms with van der Waals surface area (Å²) in [6.45, 7) is 1.90. The predicted molar refractivity (Wildman–Crippen MR) is 93.4 cm³/mol. The minimum Gasteiger partial charge on any atom is -0.497 e. The molecule has 0 aliphatic carbocycles. The molecule has 0 aromatic heterocycles. The van der Waals surface area contributed by atoms with Gasteiger partial charge in [0.1, 0.15) is 19.0 Å². The number of nitrogens with zero attached hydrogens (tertiary/aromatic N) is 1. The van der Waals surface area contributed by atoms with Crippen LogP contribution in [-0.4, -0.2) is 37.7 Å². The SMILES string of the molecule is COc1cccc(C(=O)N2CCC[C@H]2c2ccc3c(c2)OCCO3)c1. The quantitative estimate of drug-likeness (QED) is 0.859. The van der Waals surface area contributed by atoms with Crippen molar-refractivity contribution >= 4 is 5.91 Å². The Balaban J connectivity index is 1.60. The molecule has 4 rings (SSSR count). The zero-order valence-corrected chi connectivity index (χ0v) is 14.2. The minimum absolute atomic E-state index is 0.0382. The van der Waals surface area contributed by atoms with Crippen LogP contribution in [-0.2, 0) is 0 Å². The van der Waals surface area contributed by atoms with Crippen LogP contribution in [0.1, 0.15) is 34.8 Å². The Morgan fingerprint density at radius 1 is 1.12 bits per heavy atom. The van der Waals surface area contributed by atoms with E-state index in [-0.39, 0.29) is 11.9 Å². The number of benzene rings is 2. The molecular formula is C20H21NO4. The monoisotopic (exact) mass is 339 g/mol. The average molecular weight is 339 g/mol. The number of rotatable bonds is 3. The molecule has 0 saturated carbocycles. The second-order valence-electron chi connectivity index (χ2n) is 6.29. The second-order valence-corrected chi connectivity index (χ2v) is 6.29. The molecule has 0 bridgehead atoms. The minimum atomic E-state index is 0.0382. The van der Waals surface area contributed by atoms with Crippen LogP contribution in [0.25, 0.3) is 0 Å². The number of carbonyl (C=O) groups is 1. The first-order chi connectivity index (χ1) is 12.3. The zero-order chi connectivity index (χ0) is 17.2. The van der Waals surface area contributed by atoms with E-state index in [0.29, 0.717) is 24.5 Å². The predicted octanol–water partition coefficient (Wildman–Crippen LogP) is 3.44. The molecule has 0 N–H and O–H groups in total. The molecule has 1 saturated heterocycles. The summed E-state index contributed by atoms with van der Waals surface area (Å²) in [6.07, 6.45) is 1.95. The number of hydrogen-bond donors (Lipinski definition) is 0. The van der Waals surface area contributed by atoms with E-state index in [0.717, 1.165) is 36.4 Å². The van der Waals surface area contributed by atoms with Gasteiger partial charge in [-0.2, -0.15) is 0 Å². The van der Waals surface area contributed by atoms with Gasteiger partial charge in [-0.15, -0.1) is 0 Å². The first-order valence-corrected chi connectivity index (χ1v) is 8.61. The number of hydrogen-bond acceptors (Lipinski definition) is 4. The third-order valence-corrected chi connectivity index (χ3v) is 4.78. The number of carbonyl (C=O) groups excluding carboxylic acids is 1. The maximum atomic E-state index is 13.0. The Bertz CT molecular complexity index is 789. The fourth-order valence-corrected chi connectivity index (χ4v) is 3.55. The van der Waals surface area contributed by atoms with Gasteiger partial charge in [-0.05, 0) is 48.7 Å². The Hall–Kier alpha value is -2.69. The van der Waals surface area contributed by atoms with Crippen LogP contribution < -0.4 is 14.2 Å². The van der Waals surface area contributed by atoms with Crippen molar-refractivity contribution in [3.63, 3.8) is 0 Å². The summed E-state index contributed by atoms with van der Waals surface area (Å²) in [6, 6.07) is 13.4. The first-order valence-electron chi connectivity index (χ1n) is 8.61. The molecule has 5 nitrogen and oxygen atoms in total. The molecule has 1 atom stereocenters. The highest BCUT2D eigenvalue weighted by molar-refractivity contribution is 5.95. The highest BCUT2D eigenvalue weighted by atomic mass is 16.6. The number of ether oxygens (including phenoxy) is 3. The lowest BCUT2D eigenvalue weighted by atomic mass is 10.0. The van der Waals surface area contributed by atoms with Crippen molar-refractivity contribution in [2.24, 2.45) is 0 Å². The molecule has 2 aliphatic heterocycles. The van der Waals surface area contributed by atoms with Crippen LogP contribution in [0, 0.1) is 0 Å². The summed E-state index contributed by atoms with van der Waals surface area (Å²) in [4.78, 5) is 14.9. The summed E-state index contributed by atoms with van der Waals surface area (Å²) < 4.78 is 16.5. The van der Waals surface area contributed by atoms with Gasteiger partial charge < -0.3 is 19.1 Å². The molecule has 2 aliphatic rings. The molecule has 0 unspecified atom stereocenters. The summed E-state index contributed by atoms with van der Waals surface area (Å²) in [5.74, 6) is 2.28. The highest BCUT2D eigenvalue weighted by Crippen LogP contribution is 2.38. The summed E-state index contributed by atoms with van der Waals surface area (Å²) in [7, 11) is 1.61. The largest absolute Gasteiger partial charge is 0.497 e. The Labute approximate surface area is 147 Å². The van der Waals surface area contributed by atoms with Gasteiger partial charge in [-0.25, -0.2) is 0 Å². The van der Waals surface area contributed by atoms with Gasteiger partial charge in [0.05, 0.1) is 13.2 Å². The second kappa shape index (κ2) is 6.67. The molecule has 1 fully saturated rings. The standard InChI is InChI=1S/C20H21NO4/c1-23-16-5-2-4-15(12-16)20(22)21-9-3-6-17(21)14-7-8-18-19(13-14)25-11-10-24-18/h2,4-5,7-8,12-13,17H,3,6,9-11H2,1H3/t17-/m0/s1. The van der Waals surface area contributed by atoms with E-state index >= 15 is 0 Å². The number of methoxy groups -OCH3 is 1. The van der Waals surface area contributed by atoms with E-state index in [1.165, 1.54) is 0 Å². The summed E-state index contributed by atoms with van der Waals surface area (Å²) in [5, 5.41) is 0. The molecule has 2 aromatic rings. The molecule has 0 spiro atoms. The maximum Gasteiger partial charge on any atom is 0.254 e. The fraction of sp³-hybridized carbons (Fsp3) is 0.350. The third-order valence-electron chi connectivity index (χ3n) is 4.78. The Morgan fingerprint density at radius 2 is 1.96 bits per heavy atom. The summed E-state index contributed by atoms with van der Waals surface area (Å²) in [5.41, 5.74) is 1.75. The average Bonchev–Trinajstić information content (AvgIpc) is 3.17. The number of likely N-dealkylation sites (tertiary alicyclic amines) is 1. The molecule has 0 radical (unpaired) electrons. The molecule has 130 valence electrons.